The summed E-state index contributed by atoms with van der Waals surface area (Å²) in [6.07, 6.45) is -1.79. The number of halogens is 3. The maximum atomic E-state index is 13.0. The van der Waals surface area contributed by atoms with Crippen molar-refractivity contribution in [3.05, 3.63) is 70.3 Å². The highest BCUT2D eigenvalue weighted by atomic mass is 19.4. The van der Waals surface area contributed by atoms with E-state index in [-0.39, 0.29) is 24.1 Å². The van der Waals surface area contributed by atoms with Crippen molar-refractivity contribution in [2.24, 2.45) is 0 Å². The van der Waals surface area contributed by atoms with Gasteiger partial charge in [0.05, 0.1) is 32.6 Å². The highest BCUT2D eigenvalue weighted by Crippen LogP contribution is 2.33. The van der Waals surface area contributed by atoms with E-state index in [4.69, 9.17) is 9.47 Å². The van der Waals surface area contributed by atoms with E-state index >= 15 is 0 Å². The molecule has 0 saturated heterocycles. The number of aromatic nitrogens is 8. The average molecular weight is 512 g/mol. The standard InChI is InChI=1S/C23H19F3N8O3/c1-12-8-16(23(24,25)26)32-34(12)14-6-4-13(5-7-14)10-33-19-15(30-22(33)35)9-27-18(31-19)17-20(36-2)28-11-29-21(17)37-3/h4-9,11H,10H2,1-3H3,(H,30,35). The topological polar surface area (TPSA) is 126 Å². The van der Waals surface area contributed by atoms with Gasteiger partial charge in [-0.05, 0) is 30.7 Å². The van der Waals surface area contributed by atoms with Gasteiger partial charge < -0.3 is 14.5 Å². The monoisotopic (exact) mass is 512 g/mol. The summed E-state index contributed by atoms with van der Waals surface area (Å²) in [7, 11) is 2.88. The van der Waals surface area contributed by atoms with Crippen LogP contribution in [0.25, 0.3) is 28.2 Å². The van der Waals surface area contributed by atoms with Gasteiger partial charge in [-0.3, -0.25) is 4.57 Å². The predicted octanol–water partition coefficient (Wildman–Crippen LogP) is 3.16. The molecule has 0 aliphatic carbocycles. The molecule has 0 radical (unpaired) electrons. The summed E-state index contributed by atoms with van der Waals surface area (Å²) in [5.41, 5.74) is 1.19. The Kier molecular flexibility index (Phi) is 5.85. The fraction of sp³-hybridized carbons (Fsp3) is 0.217. The number of nitrogens with one attached hydrogen (secondary N) is 1. The molecule has 0 atom stereocenters. The normalized spacial score (nSPS) is 11.7. The molecule has 1 N–H and O–H groups in total. The van der Waals surface area contributed by atoms with Crippen LogP contribution < -0.4 is 15.2 Å². The van der Waals surface area contributed by atoms with Gasteiger partial charge in [-0.15, -0.1) is 0 Å². The molecule has 1 aromatic carbocycles. The fourth-order valence-electron chi connectivity index (χ4n) is 3.87. The number of alkyl halides is 3. The highest BCUT2D eigenvalue weighted by molar-refractivity contribution is 5.75. The fourth-order valence-corrected chi connectivity index (χ4v) is 3.87. The Bertz CT molecular complexity index is 1630. The Morgan fingerprint density at radius 3 is 2.30 bits per heavy atom. The lowest BCUT2D eigenvalue weighted by atomic mass is 10.2. The molecule has 4 heterocycles. The summed E-state index contributed by atoms with van der Waals surface area (Å²) in [6, 6.07) is 7.65. The number of methoxy groups -OCH3 is 2. The molecule has 4 aromatic heterocycles. The molecule has 11 nitrogen and oxygen atoms in total. The Labute approximate surface area is 206 Å². The van der Waals surface area contributed by atoms with E-state index in [1.807, 2.05) is 0 Å². The molecule has 0 spiro atoms. The second kappa shape index (κ2) is 9.04. The van der Waals surface area contributed by atoms with Gasteiger partial charge in [-0.2, -0.15) is 18.3 Å². The minimum atomic E-state index is -4.53. The van der Waals surface area contributed by atoms with Gasteiger partial charge in [0.25, 0.3) is 0 Å². The zero-order valence-electron chi connectivity index (χ0n) is 19.7. The van der Waals surface area contributed by atoms with Crippen LogP contribution in [0.3, 0.4) is 0 Å². The van der Waals surface area contributed by atoms with Crippen LogP contribution in [0.5, 0.6) is 11.8 Å². The molecule has 0 fully saturated rings. The first kappa shape index (κ1) is 24.0. The van der Waals surface area contributed by atoms with E-state index in [1.165, 1.54) is 36.0 Å². The van der Waals surface area contributed by atoms with Crippen LogP contribution in [-0.4, -0.2) is 53.5 Å². The van der Waals surface area contributed by atoms with Crippen LogP contribution >= 0.6 is 0 Å². The van der Waals surface area contributed by atoms with Crippen LogP contribution in [0, 0.1) is 6.92 Å². The quantitative estimate of drug-likeness (QED) is 0.368. The van der Waals surface area contributed by atoms with Gasteiger partial charge in [0.2, 0.25) is 11.8 Å². The van der Waals surface area contributed by atoms with Gasteiger partial charge in [-0.25, -0.2) is 29.4 Å². The maximum Gasteiger partial charge on any atom is 0.435 e. The third kappa shape index (κ3) is 4.37. The Morgan fingerprint density at radius 1 is 1.03 bits per heavy atom. The van der Waals surface area contributed by atoms with Crippen molar-refractivity contribution in [3.63, 3.8) is 0 Å². The highest BCUT2D eigenvalue weighted by Gasteiger charge is 2.34. The maximum absolute atomic E-state index is 13.0. The van der Waals surface area contributed by atoms with Crippen molar-refractivity contribution in [2.45, 2.75) is 19.6 Å². The summed E-state index contributed by atoms with van der Waals surface area (Å²) >= 11 is 0. The SMILES string of the molecule is COc1ncnc(OC)c1-c1ncc2[nH]c(=O)n(Cc3ccc(-n4nc(C(F)(F)F)cc4C)cc3)c2n1. The van der Waals surface area contributed by atoms with Crippen LogP contribution in [0.4, 0.5) is 13.2 Å². The van der Waals surface area contributed by atoms with Crippen LogP contribution in [0.2, 0.25) is 0 Å². The van der Waals surface area contributed by atoms with E-state index in [1.54, 1.807) is 31.2 Å². The molecule has 14 heteroatoms. The van der Waals surface area contributed by atoms with E-state index in [0.717, 1.165) is 6.07 Å². The van der Waals surface area contributed by atoms with Gasteiger partial charge >= 0.3 is 11.9 Å². The Hall–Kier alpha value is -4.75. The van der Waals surface area contributed by atoms with Crippen molar-refractivity contribution in [2.75, 3.05) is 14.2 Å². The van der Waals surface area contributed by atoms with Gasteiger partial charge in [0.15, 0.2) is 17.2 Å². The van der Waals surface area contributed by atoms with E-state index < -0.39 is 17.6 Å². The Morgan fingerprint density at radius 2 is 1.70 bits per heavy atom. The Balaban J connectivity index is 1.50. The predicted molar refractivity (Wildman–Crippen MR) is 125 cm³/mol. The summed E-state index contributed by atoms with van der Waals surface area (Å²) in [4.78, 5) is 32.4. The molecule has 0 aliphatic rings. The third-order valence-corrected chi connectivity index (χ3v) is 5.60. The lowest BCUT2D eigenvalue weighted by Gasteiger charge is -2.10. The molecular formula is C23H19F3N8O3. The minimum absolute atomic E-state index is 0.140. The van der Waals surface area contributed by atoms with Crippen molar-refractivity contribution in [1.29, 1.82) is 0 Å². The van der Waals surface area contributed by atoms with E-state index in [0.29, 0.717) is 33.7 Å². The molecule has 5 rings (SSSR count). The molecule has 5 aromatic rings. The van der Waals surface area contributed by atoms with Gasteiger partial charge in [0.1, 0.15) is 17.4 Å². The third-order valence-electron chi connectivity index (χ3n) is 5.60. The molecule has 0 bridgehead atoms. The molecule has 37 heavy (non-hydrogen) atoms. The summed E-state index contributed by atoms with van der Waals surface area (Å²) in [6.45, 7) is 1.68. The van der Waals surface area contributed by atoms with E-state index in [2.05, 4.69) is 30.0 Å². The number of rotatable bonds is 6. The largest absolute Gasteiger partial charge is 0.480 e. The molecular weight excluding hydrogens is 493 g/mol. The van der Waals surface area contributed by atoms with Crippen molar-refractivity contribution in [3.8, 4) is 28.8 Å². The lowest BCUT2D eigenvalue weighted by Crippen LogP contribution is -2.18. The van der Waals surface area contributed by atoms with Crippen LogP contribution in [-0.2, 0) is 12.7 Å². The van der Waals surface area contributed by atoms with Crippen molar-refractivity contribution >= 4 is 11.2 Å². The number of ether oxygens (including phenoxy) is 2. The van der Waals surface area contributed by atoms with Gasteiger partial charge in [0, 0.05) is 5.69 Å². The zero-order valence-corrected chi connectivity index (χ0v) is 19.7. The summed E-state index contributed by atoms with van der Waals surface area (Å²) in [5, 5.41) is 3.66. The number of imidazole rings is 1. The number of nitrogens with zero attached hydrogens (tertiary/aromatic N) is 7. The molecule has 0 unspecified atom stereocenters. The number of fused-ring (bicyclic) bond motifs is 1. The number of aromatic amines is 1. The minimum Gasteiger partial charge on any atom is -0.480 e. The van der Waals surface area contributed by atoms with Crippen molar-refractivity contribution in [1.82, 2.24) is 39.3 Å². The number of hydrogen-bond acceptors (Lipinski definition) is 8. The van der Waals surface area contributed by atoms with Gasteiger partial charge in [-0.1, -0.05) is 12.1 Å². The zero-order chi connectivity index (χ0) is 26.3. The van der Waals surface area contributed by atoms with Crippen molar-refractivity contribution < 1.29 is 22.6 Å². The molecule has 0 aliphatic heterocycles. The molecule has 190 valence electrons. The first-order chi connectivity index (χ1) is 17.7. The van der Waals surface area contributed by atoms with E-state index in [9.17, 15) is 18.0 Å². The smallest absolute Gasteiger partial charge is 0.435 e. The first-order valence-corrected chi connectivity index (χ1v) is 10.8. The summed E-state index contributed by atoms with van der Waals surface area (Å²) in [5.74, 6) is 0.599. The average Bonchev–Trinajstić information content (AvgIpc) is 3.43. The number of H-pyrrole nitrogens is 1. The second-order valence-corrected chi connectivity index (χ2v) is 7.96. The lowest BCUT2D eigenvalue weighted by molar-refractivity contribution is -0.141. The number of benzene rings is 1. The van der Waals surface area contributed by atoms with Crippen LogP contribution in [0.15, 0.2) is 47.7 Å². The number of hydrogen-bond donors (Lipinski definition) is 1. The second-order valence-electron chi connectivity index (χ2n) is 7.96. The first-order valence-electron chi connectivity index (χ1n) is 10.8. The van der Waals surface area contributed by atoms with Crippen LogP contribution in [0.1, 0.15) is 17.0 Å². The summed E-state index contributed by atoms with van der Waals surface area (Å²) < 4.78 is 52.3. The molecule has 0 amide bonds. The molecule has 0 saturated carbocycles. The number of aryl methyl sites for hydroxylation is 1.